The number of nitrogens with one attached hydrogen (secondary N) is 1. The van der Waals surface area contributed by atoms with Gasteiger partial charge in [-0.15, -0.1) is 0 Å². The largest absolute Gasteiger partial charge is 0.313 e. The van der Waals surface area contributed by atoms with Gasteiger partial charge in [-0.1, -0.05) is 52.5 Å². The molecule has 0 radical (unpaired) electrons. The lowest BCUT2D eigenvalue weighted by Gasteiger charge is -2.18. The molecule has 2 rings (SSSR count). The molecule has 20 heavy (non-hydrogen) atoms. The molecule has 1 atom stereocenters. The summed E-state index contributed by atoms with van der Waals surface area (Å²) in [6.07, 6.45) is 0.744. The van der Waals surface area contributed by atoms with Gasteiger partial charge in [0.1, 0.15) is 0 Å². The van der Waals surface area contributed by atoms with Crippen LogP contribution < -0.4 is 5.32 Å². The Morgan fingerprint density at radius 1 is 0.900 bits per heavy atom. The van der Waals surface area contributed by atoms with Gasteiger partial charge in [0.2, 0.25) is 0 Å². The van der Waals surface area contributed by atoms with Crippen LogP contribution >= 0.6 is 46.4 Å². The number of hydrogen-bond acceptors (Lipinski definition) is 1. The summed E-state index contributed by atoms with van der Waals surface area (Å²) in [5, 5.41) is 5.71. The molecule has 106 valence electrons. The highest BCUT2D eigenvalue weighted by atomic mass is 35.5. The van der Waals surface area contributed by atoms with E-state index in [1.165, 1.54) is 0 Å². The third kappa shape index (κ3) is 3.81. The lowest BCUT2D eigenvalue weighted by atomic mass is 9.99. The van der Waals surface area contributed by atoms with Gasteiger partial charge >= 0.3 is 0 Å². The zero-order chi connectivity index (χ0) is 14.7. The minimum absolute atomic E-state index is 0.0541. The first-order valence-electron chi connectivity index (χ1n) is 6.07. The number of hydrogen-bond donors (Lipinski definition) is 1. The van der Waals surface area contributed by atoms with Crippen molar-refractivity contribution in [2.24, 2.45) is 0 Å². The summed E-state index contributed by atoms with van der Waals surface area (Å²) in [5.74, 6) is 0. The zero-order valence-electron chi connectivity index (χ0n) is 10.8. The Labute approximate surface area is 138 Å². The first-order valence-corrected chi connectivity index (χ1v) is 7.58. The van der Waals surface area contributed by atoms with Crippen LogP contribution in [0.1, 0.15) is 17.2 Å². The highest BCUT2D eigenvalue weighted by Crippen LogP contribution is 2.30. The van der Waals surface area contributed by atoms with Gasteiger partial charge in [-0.25, -0.2) is 0 Å². The van der Waals surface area contributed by atoms with Gasteiger partial charge in [-0.2, -0.15) is 0 Å². The molecule has 1 nitrogen and oxygen atoms in total. The maximum atomic E-state index is 6.25. The molecule has 2 aromatic rings. The van der Waals surface area contributed by atoms with Crippen molar-refractivity contribution in [3.8, 4) is 0 Å². The van der Waals surface area contributed by atoms with Crippen LogP contribution in [0.15, 0.2) is 36.4 Å². The van der Waals surface area contributed by atoms with Crippen LogP contribution in [0.25, 0.3) is 0 Å². The van der Waals surface area contributed by atoms with Gasteiger partial charge in [-0.05, 0) is 54.9 Å². The van der Waals surface area contributed by atoms with E-state index in [0.717, 1.165) is 17.5 Å². The molecule has 0 saturated carbocycles. The van der Waals surface area contributed by atoms with Crippen LogP contribution in [-0.4, -0.2) is 7.05 Å². The van der Waals surface area contributed by atoms with E-state index in [-0.39, 0.29) is 6.04 Å². The molecule has 0 spiro atoms. The summed E-state index contributed by atoms with van der Waals surface area (Å²) in [6, 6.07) is 11.1. The standard InChI is InChI=1S/C15H13Cl4N/c1-20-15(11-8-10(16)3-5-12(11)17)7-9-2-4-13(18)14(19)6-9/h2-6,8,15,20H,7H2,1H3. The normalized spacial score (nSPS) is 12.4. The number of rotatable bonds is 4. The Bertz CT molecular complexity index is 613. The molecule has 0 amide bonds. The Morgan fingerprint density at radius 3 is 2.25 bits per heavy atom. The molecule has 5 heteroatoms. The van der Waals surface area contributed by atoms with Crippen molar-refractivity contribution in [2.45, 2.75) is 12.5 Å². The SMILES string of the molecule is CNC(Cc1ccc(Cl)c(Cl)c1)c1cc(Cl)ccc1Cl. The van der Waals surface area contributed by atoms with Crippen LogP contribution in [0.3, 0.4) is 0 Å². The maximum absolute atomic E-state index is 6.25. The van der Waals surface area contributed by atoms with Crippen molar-refractivity contribution in [3.05, 3.63) is 67.6 Å². The van der Waals surface area contributed by atoms with Crippen molar-refractivity contribution in [3.63, 3.8) is 0 Å². The molecule has 0 saturated heterocycles. The van der Waals surface area contributed by atoms with Crippen molar-refractivity contribution < 1.29 is 0 Å². The molecule has 0 aliphatic rings. The molecular formula is C15H13Cl4N. The molecular weight excluding hydrogens is 336 g/mol. The third-order valence-electron chi connectivity index (χ3n) is 3.11. The molecule has 0 aliphatic carbocycles. The Kier molecular flexibility index (Phi) is 5.59. The summed E-state index contributed by atoms with van der Waals surface area (Å²) in [6.45, 7) is 0. The van der Waals surface area contributed by atoms with Gasteiger partial charge in [0.25, 0.3) is 0 Å². The highest BCUT2D eigenvalue weighted by molar-refractivity contribution is 6.42. The topological polar surface area (TPSA) is 12.0 Å². The molecule has 0 bridgehead atoms. The molecule has 0 fully saturated rings. The van der Waals surface area contributed by atoms with E-state index in [2.05, 4.69) is 5.32 Å². The fraction of sp³-hybridized carbons (Fsp3) is 0.200. The van der Waals surface area contributed by atoms with E-state index >= 15 is 0 Å². The van der Waals surface area contributed by atoms with Crippen LogP contribution in [-0.2, 0) is 6.42 Å². The average molecular weight is 349 g/mol. The van der Waals surface area contributed by atoms with Gasteiger partial charge in [0.05, 0.1) is 10.0 Å². The third-order valence-corrected chi connectivity index (χ3v) is 4.42. The number of benzene rings is 2. The summed E-state index contributed by atoms with van der Waals surface area (Å²) < 4.78 is 0. The fourth-order valence-electron chi connectivity index (χ4n) is 2.05. The van der Waals surface area contributed by atoms with Gasteiger partial charge in [-0.3, -0.25) is 0 Å². The number of halogens is 4. The molecule has 0 heterocycles. The minimum atomic E-state index is 0.0541. The van der Waals surface area contributed by atoms with Crippen LogP contribution in [0.2, 0.25) is 20.1 Å². The van der Waals surface area contributed by atoms with Gasteiger partial charge < -0.3 is 5.32 Å². The molecule has 2 aromatic carbocycles. The van der Waals surface area contributed by atoms with Gasteiger partial charge in [0, 0.05) is 16.1 Å². The molecule has 0 aliphatic heterocycles. The predicted molar refractivity (Wildman–Crippen MR) is 88.4 cm³/mol. The second-order valence-electron chi connectivity index (χ2n) is 4.46. The predicted octanol–water partition coefficient (Wildman–Crippen LogP) is 5.80. The summed E-state index contributed by atoms with van der Waals surface area (Å²) in [5.41, 5.74) is 2.04. The summed E-state index contributed by atoms with van der Waals surface area (Å²) in [7, 11) is 1.89. The van der Waals surface area contributed by atoms with E-state index in [1.807, 2.05) is 25.2 Å². The average Bonchev–Trinajstić information content (AvgIpc) is 2.43. The first kappa shape index (κ1) is 15.9. The minimum Gasteiger partial charge on any atom is -0.313 e. The van der Waals surface area contributed by atoms with Gasteiger partial charge in [0.15, 0.2) is 0 Å². The van der Waals surface area contributed by atoms with Crippen molar-refractivity contribution in [1.29, 1.82) is 0 Å². The lowest BCUT2D eigenvalue weighted by Crippen LogP contribution is -2.19. The van der Waals surface area contributed by atoms with Crippen LogP contribution in [0.5, 0.6) is 0 Å². The molecule has 0 aromatic heterocycles. The smallest absolute Gasteiger partial charge is 0.0595 e. The lowest BCUT2D eigenvalue weighted by molar-refractivity contribution is 0.592. The Balaban J connectivity index is 2.28. The first-order chi connectivity index (χ1) is 9.51. The van der Waals surface area contributed by atoms with Crippen molar-refractivity contribution >= 4 is 46.4 Å². The molecule has 1 unspecified atom stereocenters. The van der Waals surface area contributed by atoms with Crippen molar-refractivity contribution in [2.75, 3.05) is 7.05 Å². The van der Waals surface area contributed by atoms with Crippen LogP contribution in [0.4, 0.5) is 0 Å². The van der Waals surface area contributed by atoms with Crippen molar-refractivity contribution in [1.82, 2.24) is 5.32 Å². The van der Waals surface area contributed by atoms with E-state index in [1.54, 1.807) is 18.2 Å². The van der Waals surface area contributed by atoms with Crippen LogP contribution in [0, 0.1) is 0 Å². The fourth-order valence-corrected chi connectivity index (χ4v) is 2.80. The second kappa shape index (κ2) is 7.02. The summed E-state index contributed by atoms with van der Waals surface area (Å²) in [4.78, 5) is 0. The Morgan fingerprint density at radius 2 is 1.60 bits per heavy atom. The van der Waals surface area contributed by atoms with E-state index in [4.69, 9.17) is 46.4 Å². The zero-order valence-corrected chi connectivity index (χ0v) is 13.8. The second-order valence-corrected chi connectivity index (χ2v) is 6.12. The number of likely N-dealkylation sites (N-methyl/N-ethyl adjacent to an activating group) is 1. The quantitative estimate of drug-likeness (QED) is 0.735. The van der Waals surface area contributed by atoms with E-state index in [9.17, 15) is 0 Å². The monoisotopic (exact) mass is 347 g/mol. The molecule has 1 N–H and O–H groups in total. The highest BCUT2D eigenvalue weighted by Gasteiger charge is 2.14. The summed E-state index contributed by atoms with van der Waals surface area (Å²) >= 11 is 24.3. The van der Waals surface area contributed by atoms with E-state index < -0.39 is 0 Å². The Hall–Kier alpha value is -0.440. The van der Waals surface area contributed by atoms with E-state index in [0.29, 0.717) is 20.1 Å². The maximum Gasteiger partial charge on any atom is 0.0595 e.